The highest BCUT2D eigenvalue weighted by Crippen LogP contribution is 2.39. The van der Waals surface area contributed by atoms with Gasteiger partial charge in [-0.25, -0.2) is 0 Å². The first-order chi connectivity index (χ1) is 10.3. The molecule has 21 heavy (non-hydrogen) atoms. The van der Waals surface area contributed by atoms with Crippen molar-refractivity contribution in [3.63, 3.8) is 0 Å². The van der Waals surface area contributed by atoms with Crippen molar-refractivity contribution in [3.8, 4) is 17.6 Å². The van der Waals surface area contributed by atoms with Crippen molar-refractivity contribution in [1.82, 2.24) is 5.32 Å². The highest BCUT2D eigenvalue weighted by atomic mass is 35.5. The summed E-state index contributed by atoms with van der Waals surface area (Å²) < 4.78 is 11.1. The van der Waals surface area contributed by atoms with Crippen LogP contribution >= 0.6 is 11.6 Å². The van der Waals surface area contributed by atoms with Gasteiger partial charge in [-0.05, 0) is 30.5 Å². The van der Waals surface area contributed by atoms with Gasteiger partial charge in [0.1, 0.15) is 19.3 Å². The SMILES string of the molecule is N#CC(NC1CCCCC1)c1cc(Cl)c2c(c1)OCCO2. The first kappa shape index (κ1) is 14.5. The summed E-state index contributed by atoms with van der Waals surface area (Å²) in [4.78, 5) is 0. The molecule has 112 valence electrons. The van der Waals surface area contributed by atoms with Crippen molar-refractivity contribution in [2.45, 2.75) is 44.2 Å². The van der Waals surface area contributed by atoms with Gasteiger partial charge in [-0.15, -0.1) is 0 Å². The maximum atomic E-state index is 9.48. The lowest BCUT2D eigenvalue weighted by molar-refractivity contribution is 0.171. The third-order valence-electron chi connectivity index (χ3n) is 4.09. The topological polar surface area (TPSA) is 54.3 Å². The lowest BCUT2D eigenvalue weighted by Crippen LogP contribution is -2.33. The molecule has 0 spiro atoms. The van der Waals surface area contributed by atoms with E-state index >= 15 is 0 Å². The van der Waals surface area contributed by atoms with Crippen LogP contribution in [0.15, 0.2) is 12.1 Å². The average molecular weight is 307 g/mol. The fraction of sp³-hybridized carbons (Fsp3) is 0.562. The standard InChI is InChI=1S/C16H19ClN2O2/c17-13-8-11(9-15-16(13)21-7-6-20-15)14(10-18)19-12-4-2-1-3-5-12/h8-9,12,14,19H,1-7H2. The normalized spacial score (nSPS) is 19.8. The molecule has 0 aromatic heterocycles. The van der Waals surface area contributed by atoms with Crippen LogP contribution in [-0.2, 0) is 0 Å². The number of rotatable bonds is 3. The molecule has 0 saturated heterocycles. The zero-order valence-electron chi connectivity index (χ0n) is 11.9. The fourth-order valence-corrected chi connectivity index (χ4v) is 3.28. The largest absolute Gasteiger partial charge is 0.486 e. The molecule has 1 aliphatic carbocycles. The summed E-state index contributed by atoms with van der Waals surface area (Å²) in [5.74, 6) is 1.22. The van der Waals surface area contributed by atoms with Crippen molar-refractivity contribution < 1.29 is 9.47 Å². The molecule has 5 heteroatoms. The Labute approximate surface area is 130 Å². The van der Waals surface area contributed by atoms with Gasteiger partial charge in [0.25, 0.3) is 0 Å². The van der Waals surface area contributed by atoms with E-state index in [0.717, 1.165) is 18.4 Å². The quantitative estimate of drug-likeness (QED) is 0.927. The van der Waals surface area contributed by atoms with E-state index < -0.39 is 0 Å². The van der Waals surface area contributed by atoms with Gasteiger partial charge < -0.3 is 9.47 Å². The molecule has 0 radical (unpaired) electrons. The third kappa shape index (κ3) is 3.25. The molecule has 1 saturated carbocycles. The van der Waals surface area contributed by atoms with Crippen LogP contribution in [0.2, 0.25) is 5.02 Å². The van der Waals surface area contributed by atoms with Gasteiger partial charge in [0.15, 0.2) is 11.5 Å². The molecule has 2 aliphatic rings. The number of halogens is 1. The Bertz CT molecular complexity index is 550. The summed E-state index contributed by atoms with van der Waals surface area (Å²) in [6.07, 6.45) is 6.04. The third-order valence-corrected chi connectivity index (χ3v) is 4.37. The van der Waals surface area contributed by atoms with Crippen molar-refractivity contribution >= 4 is 11.6 Å². The van der Waals surface area contributed by atoms with E-state index in [2.05, 4.69) is 11.4 Å². The van der Waals surface area contributed by atoms with E-state index in [-0.39, 0.29) is 6.04 Å². The molecular formula is C16H19ClN2O2. The average Bonchev–Trinajstić information content (AvgIpc) is 2.53. The van der Waals surface area contributed by atoms with Crippen LogP contribution in [0.25, 0.3) is 0 Å². The first-order valence-electron chi connectivity index (χ1n) is 7.52. The molecule has 1 aromatic rings. The number of nitrogens with zero attached hydrogens (tertiary/aromatic N) is 1. The second-order valence-corrected chi connectivity index (χ2v) is 6.00. The number of benzene rings is 1. The van der Waals surface area contributed by atoms with Gasteiger partial charge in [0.05, 0.1) is 11.1 Å². The zero-order valence-corrected chi connectivity index (χ0v) is 12.7. The molecule has 1 atom stereocenters. The van der Waals surface area contributed by atoms with Crippen molar-refractivity contribution in [1.29, 1.82) is 5.26 Å². The number of ether oxygens (including phenoxy) is 2. The van der Waals surface area contributed by atoms with Crippen LogP contribution in [0, 0.1) is 11.3 Å². The van der Waals surface area contributed by atoms with Gasteiger partial charge in [0.2, 0.25) is 0 Å². The second kappa shape index (κ2) is 6.55. The summed E-state index contributed by atoms with van der Waals surface area (Å²) in [6, 6.07) is 6.06. The Morgan fingerprint density at radius 1 is 1.19 bits per heavy atom. The minimum absolute atomic E-state index is 0.360. The Kier molecular flexibility index (Phi) is 4.52. The van der Waals surface area contributed by atoms with E-state index in [9.17, 15) is 5.26 Å². The van der Waals surface area contributed by atoms with E-state index in [0.29, 0.717) is 35.8 Å². The number of nitrogens with one attached hydrogen (secondary N) is 1. The van der Waals surface area contributed by atoms with Crippen molar-refractivity contribution in [2.24, 2.45) is 0 Å². The minimum Gasteiger partial charge on any atom is -0.486 e. The molecule has 3 rings (SSSR count). The molecule has 0 bridgehead atoms. The summed E-state index contributed by atoms with van der Waals surface area (Å²) in [7, 11) is 0. The molecule has 1 aromatic carbocycles. The first-order valence-corrected chi connectivity index (χ1v) is 7.90. The van der Waals surface area contributed by atoms with Gasteiger partial charge >= 0.3 is 0 Å². The summed E-state index contributed by atoms with van der Waals surface area (Å²) in [6.45, 7) is 1.02. The molecular weight excluding hydrogens is 288 g/mol. The number of hydrogen-bond donors (Lipinski definition) is 1. The molecule has 1 heterocycles. The maximum absolute atomic E-state index is 9.48. The lowest BCUT2D eigenvalue weighted by atomic mass is 9.94. The summed E-state index contributed by atoms with van der Waals surface area (Å²) in [5, 5.41) is 13.4. The highest BCUT2D eigenvalue weighted by Gasteiger charge is 2.23. The molecule has 0 amide bonds. The van der Waals surface area contributed by atoms with E-state index in [1.54, 1.807) is 6.07 Å². The summed E-state index contributed by atoms with van der Waals surface area (Å²) in [5.41, 5.74) is 0.845. The minimum atomic E-state index is -0.360. The Balaban J connectivity index is 1.80. The van der Waals surface area contributed by atoms with Crippen LogP contribution < -0.4 is 14.8 Å². The highest BCUT2D eigenvalue weighted by molar-refractivity contribution is 6.32. The second-order valence-electron chi connectivity index (χ2n) is 5.59. The predicted octanol–water partition coefficient (Wildman–Crippen LogP) is 3.60. The van der Waals surface area contributed by atoms with Gasteiger partial charge in [0, 0.05) is 6.04 Å². The van der Waals surface area contributed by atoms with Gasteiger partial charge in [-0.1, -0.05) is 30.9 Å². The number of hydrogen-bond acceptors (Lipinski definition) is 4. The van der Waals surface area contributed by atoms with Gasteiger partial charge in [-0.2, -0.15) is 5.26 Å². The van der Waals surface area contributed by atoms with Crippen LogP contribution in [-0.4, -0.2) is 19.3 Å². The molecule has 1 aliphatic heterocycles. The van der Waals surface area contributed by atoms with Crippen molar-refractivity contribution in [3.05, 3.63) is 22.7 Å². The van der Waals surface area contributed by atoms with E-state index in [1.807, 2.05) is 6.07 Å². The van der Waals surface area contributed by atoms with Crippen LogP contribution in [0.4, 0.5) is 0 Å². The van der Waals surface area contributed by atoms with E-state index in [4.69, 9.17) is 21.1 Å². The Hall–Kier alpha value is -1.44. The smallest absolute Gasteiger partial charge is 0.179 e. The van der Waals surface area contributed by atoms with Crippen LogP contribution in [0.5, 0.6) is 11.5 Å². The van der Waals surface area contributed by atoms with Crippen LogP contribution in [0.3, 0.4) is 0 Å². The fourth-order valence-electron chi connectivity index (χ4n) is 3.01. The number of fused-ring (bicyclic) bond motifs is 1. The molecule has 4 nitrogen and oxygen atoms in total. The molecule has 1 N–H and O–H groups in total. The van der Waals surface area contributed by atoms with Crippen LogP contribution in [0.1, 0.15) is 43.7 Å². The molecule has 1 unspecified atom stereocenters. The lowest BCUT2D eigenvalue weighted by Gasteiger charge is -2.26. The predicted molar refractivity (Wildman–Crippen MR) is 80.8 cm³/mol. The monoisotopic (exact) mass is 306 g/mol. The number of nitriles is 1. The Morgan fingerprint density at radius 2 is 1.95 bits per heavy atom. The van der Waals surface area contributed by atoms with Gasteiger partial charge in [-0.3, -0.25) is 5.32 Å². The Morgan fingerprint density at radius 3 is 2.71 bits per heavy atom. The maximum Gasteiger partial charge on any atom is 0.179 e. The summed E-state index contributed by atoms with van der Waals surface area (Å²) >= 11 is 6.25. The van der Waals surface area contributed by atoms with Crippen molar-refractivity contribution in [2.75, 3.05) is 13.2 Å². The zero-order chi connectivity index (χ0) is 14.7. The molecule has 1 fully saturated rings. The van der Waals surface area contributed by atoms with E-state index in [1.165, 1.54) is 19.3 Å².